The zero-order valence-electron chi connectivity index (χ0n) is 17.1. The number of benzene rings is 1. The number of aliphatic carboxylic acids is 1. The number of aromatic nitrogens is 2. The third-order valence-corrected chi connectivity index (χ3v) is 7.33. The molecule has 0 amide bonds. The van der Waals surface area contributed by atoms with E-state index in [1.165, 1.54) is 0 Å². The summed E-state index contributed by atoms with van der Waals surface area (Å²) in [6.45, 7) is 3.03. The van der Waals surface area contributed by atoms with Crippen LogP contribution in [0.2, 0.25) is 5.02 Å². The SMILES string of the molecule is CCCc1nc(SC2CCC(CC(=O)O)CC2)cn1Cc1cc2c(cc1Cl)OCO2. The molecule has 2 aromatic rings. The summed E-state index contributed by atoms with van der Waals surface area (Å²) in [7, 11) is 0. The molecule has 162 valence electrons. The number of aryl methyl sites for hydroxylation is 1. The molecule has 30 heavy (non-hydrogen) atoms. The van der Waals surface area contributed by atoms with Gasteiger partial charge in [0.1, 0.15) is 10.9 Å². The second-order valence-electron chi connectivity index (χ2n) is 8.03. The van der Waals surface area contributed by atoms with Gasteiger partial charge in [0.15, 0.2) is 11.5 Å². The van der Waals surface area contributed by atoms with E-state index >= 15 is 0 Å². The fourth-order valence-corrected chi connectivity index (χ4v) is 5.59. The molecule has 0 bridgehead atoms. The molecule has 4 rings (SSSR count). The van der Waals surface area contributed by atoms with E-state index in [1.807, 2.05) is 23.9 Å². The number of hydrogen-bond acceptors (Lipinski definition) is 5. The largest absolute Gasteiger partial charge is 0.481 e. The van der Waals surface area contributed by atoms with Crippen LogP contribution in [0.5, 0.6) is 11.5 Å². The zero-order chi connectivity index (χ0) is 21.1. The van der Waals surface area contributed by atoms with E-state index in [0.29, 0.717) is 34.9 Å². The summed E-state index contributed by atoms with van der Waals surface area (Å²) in [5.74, 6) is 2.13. The molecule has 0 atom stereocenters. The maximum absolute atomic E-state index is 10.9. The van der Waals surface area contributed by atoms with Crippen molar-refractivity contribution in [3.8, 4) is 11.5 Å². The van der Waals surface area contributed by atoms with Crippen LogP contribution in [0.15, 0.2) is 23.4 Å². The van der Waals surface area contributed by atoms with Crippen molar-refractivity contribution in [1.29, 1.82) is 0 Å². The molecular formula is C22H27ClN2O4S. The smallest absolute Gasteiger partial charge is 0.303 e. The quantitative estimate of drug-likeness (QED) is 0.581. The van der Waals surface area contributed by atoms with E-state index < -0.39 is 5.97 Å². The minimum absolute atomic E-state index is 0.233. The number of nitrogens with zero attached hydrogens (tertiary/aromatic N) is 2. The normalized spacial score (nSPS) is 20.5. The fourth-order valence-electron chi connectivity index (χ4n) is 4.18. The summed E-state index contributed by atoms with van der Waals surface area (Å²) in [6, 6.07) is 3.78. The molecule has 1 fully saturated rings. The average molecular weight is 451 g/mol. The molecule has 1 aliphatic heterocycles. The van der Waals surface area contributed by atoms with Gasteiger partial charge in [0.25, 0.3) is 0 Å². The molecule has 6 nitrogen and oxygen atoms in total. The summed E-state index contributed by atoms with van der Waals surface area (Å²) >= 11 is 8.31. The number of fused-ring (bicyclic) bond motifs is 1. The van der Waals surface area contributed by atoms with Crippen molar-refractivity contribution in [2.75, 3.05) is 6.79 Å². The third kappa shape index (κ3) is 5.06. The molecule has 0 saturated heterocycles. The van der Waals surface area contributed by atoms with Crippen LogP contribution in [0.3, 0.4) is 0 Å². The lowest BCUT2D eigenvalue weighted by Crippen LogP contribution is -2.18. The van der Waals surface area contributed by atoms with E-state index in [0.717, 1.165) is 60.7 Å². The van der Waals surface area contributed by atoms with E-state index in [2.05, 4.69) is 17.7 Å². The zero-order valence-corrected chi connectivity index (χ0v) is 18.7. The number of thioether (sulfide) groups is 1. The molecule has 1 aromatic carbocycles. The number of halogens is 1. The van der Waals surface area contributed by atoms with Crippen LogP contribution in [0.4, 0.5) is 0 Å². The fraction of sp³-hybridized carbons (Fsp3) is 0.545. The number of hydrogen-bond donors (Lipinski definition) is 1. The first-order chi connectivity index (χ1) is 14.5. The summed E-state index contributed by atoms with van der Waals surface area (Å²) in [4.78, 5) is 15.8. The van der Waals surface area contributed by atoms with Gasteiger partial charge < -0.3 is 19.1 Å². The number of imidazole rings is 1. The second kappa shape index (κ2) is 9.52. The van der Waals surface area contributed by atoms with Gasteiger partial charge in [0, 0.05) is 35.4 Å². The van der Waals surface area contributed by atoms with Crippen LogP contribution in [0, 0.1) is 5.92 Å². The van der Waals surface area contributed by atoms with Crippen LogP contribution in [-0.2, 0) is 17.8 Å². The van der Waals surface area contributed by atoms with Crippen LogP contribution in [0.25, 0.3) is 0 Å². The summed E-state index contributed by atoms with van der Waals surface area (Å²) in [6.07, 6.45) is 8.42. The minimum Gasteiger partial charge on any atom is -0.481 e. The van der Waals surface area contributed by atoms with Gasteiger partial charge >= 0.3 is 5.97 Å². The van der Waals surface area contributed by atoms with E-state index in [-0.39, 0.29) is 6.79 Å². The van der Waals surface area contributed by atoms with Gasteiger partial charge in [-0.15, -0.1) is 11.8 Å². The number of carboxylic acids is 1. The number of rotatable bonds is 8. The Bertz CT molecular complexity index is 909. The predicted octanol–water partition coefficient (Wildman–Crippen LogP) is 5.39. The lowest BCUT2D eigenvalue weighted by molar-refractivity contribution is -0.138. The molecule has 2 aliphatic rings. The average Bonchev–Trinajstić information content (AvgIpc) is 3.30. The predicted molar refractivity (Wildman–Crippen MR) is 117 cm³/mol. The summed E-state index contributed by atoms with van der Waals surface area (Å²) in [5, 5.41) is 11.2. The van der Waals surface area contributed by atoms with Crippen molar-refractivity contribution in [3.05, 3.63) is 34.7 Å². The topological polar surface area (TPSA) is 73.6 Å². The lowest BCUT2D eigenvalue weighted by atomic mass is 9.87. The summed E-state index contributed by atoms with van der Waals surface area (Å²) in [5.41, 5.74) is 0.987. The van der Waals surface area contributed by atoms with Crippen molar-refractivity contribution >= 4 is 29.3 Å². The molecule has 0 radical (unpaired) electrons. The molecule has 8 heteroatoms. The van der Waals surface area contributed by atoms with Gasteiger partial charge in [-0.25, -0.2) is 4.98 Å². The molecule has 0 unspecified atom stereocenters. The molecule has 1 N–H and O–H groups in total. The first-order valence-electron chi connectivity index (χ1n) is 10.5. The standard InChI is InChI=1S/C22H27ClN2O4S/c1-2-3-20-24-21(30-16-6-4-14(5-7-16)8-22(26)27)12-25(20)11-15-9-18-19(10-17(15)23)29-13-28-18/h9-10,12,14,16H,2-8,11,13H2,1H3,(H,26,27). The van der Waals surface area contributed by atoms with Crippen molar-refractivity contribution in [2.24, 2.45) is 5.92 Å². The first-order valence-corrected chi connectivity index (χ1v) is 11.8. The highest BCUT2D eigenvalue weighted by molar-refractivity contribution is 7.99. The second-order valence-corrected chi connectivity index (χ2v) is 9.76. The molecule has 0 spiro atoms. The van der Waals surface area contributed by atoms with Gasteiger partial charge in [0.05, 0.1) is 6.54 Å². The van der Waals surface area contributed by atoms with Gasteiger partial charge in [-0.05, 0) is 49.7 Å². The van der Waals surface area contributed by atoms with E-state index in [9.17, 15) is 4.79 Å². The Morgan fingerprint density at radius 1 is 1.27 bits per heavy atom. The molecule has 1 aliphatic carbocycles. The maximum atomic E-state index is 10.9. The molecule has 1 saturated carbocycles. The Morgan fingerprint density at radius 3 is 2.70 bits per heavy atom. The summed E-state index contributed by atoms with van der Waals surface area (Å²) < 4.78 is 13.1. The van der Waals surface area contributed by atoms with Crippen LogP contribution in [-0.4, -0.2) is 32.7 Å². The highest BCUT2D eigenvalue weighted by atomic mass is 35.5. The molecular weight excluding hydrogens is 424 g/mol. The minimum atomic E-state index is -0.684. The van der Waals surface area contributed by atoms with Crippen molar-refractivity contribution < 1.29 is 19.4 Å². The van der Waals surface area contributed by atoms with Gasteiger partial charge in [-0.3, -0.25) is 4.79 Å². The highest BCUT2D eigenvalue weighted by Crippen LogP contribution is 2.39. The van der Waals surface area contributed by atoms with E-state index in [4.69, 9.17) is 31.2 Å². The van der Waals surface area contributed by atoms with Crippen molar-refractivity contribution in [3.63, 3.8) is 0 Å². The Hall–Kier alpha value is -1.86. The molecule has 2 heterocycles. The Kier molecular flexibility index (Phi) is 6.78. The number of carboxylic acid groups (broad SMARTS) is 1. The van der Waals surface area contributed by atoms with Gasteiger partial charge in [0.2, 0.25) is 6.79 Å². The van der Waals surface area contributed by atoms with Gasteiger partial charge in [-0.2, -0.15) is 0 Å². The van der Waals surface area contributed by atoms with Crippen molar-refractivity contribution in [2.45, 2.75) is 68.7 Å². The Labute approximate surface area is 185 Å². The molecule has 1 aromatic heterocycles. The third-order valence-electron chi connectivity index (χ3n) is 5.74. The highest BCUT2D eigenvalue weighted by Gasteiger charge is 2.25. The van der Waals surface area contributed by atoms with Crippen LogP contribution >= 0.6 is 23.4 Å². The monoisotopic (exact) mass is 450 g/mol. The van der Waals surface area contributed by atoms with E-state index in [1.54, 1.807) is 0 Å². The number of ether oxygens (including phenoxy) is 2. The Balaban J connectivity index is 1.44. The first kappa shape index (κ1) is 21.4. The Morgan fingerprint density at radius 2 is 2.00 bits per heavy atom. The maximum Gasteiger partial charge on any atom is 0.303 e. The lowest BCUT2D eigenvalue weighted by Gasteiger charge is -2.26. The van der Waals surface area contributed by atoms with Crippen molar-refractivity contribution in [1.82, 2.24) is 9.55 Å². The number of carbonyl (C=O) groups is 1. The van der Waals surface area contributed by atoms with Crippen LogP contribution in [0.1, 0.15) is 56.8 Å². The van der Waals surface area contributed by atoms with Gasteiger partial charge in [-0.1, -0.05) is 18.5 Å². The van der Waals surface area contributed by atoms with Crippen LogP contribution < -0.4 is 9.47 Å².